The maximum Gasteiger partial charge on any atom is 0.260 e. The molecule has 0 fully saturated rings. The van der Waals surface area contributed by atoms with Gasteiger partial charge in [-0.2, -0.15) is 0 Å². The highest BCUT2D eigenvalue weighted by molar-refractivity contribution is 6.99. The summed E-state index contributed by atoms with van der Waals surface area (Å²) in [6.45, 7) is -0.219. The van der Waals surface area contributed by atoms with Crippen LogP contribution in [0.5, 0.6) is 23.0 Å². The van der Waals surface area contributed by atoms with Crippen LogP contribution in [0.25, 0.3) is 98.8 Å². The Morgan fingerprint density at radius 1 is 0.313 bits per heavy atom. The zero-order chi connectivity index (χ0) is 43.7. The molecule has 310 valence electrons. The Hall–Kier alpha value is -8.80. The van der Waals surface area contributed by atoms with Crippen molar-refractivity contribution in [3.63, 3.8) is 0 Å². The second-order valence-electron chi connectivity index (χ2n) is 17.9. The molecule has 4 nitrogen and oxygen atoms in total. The van der Waals surface area contributed by atoms with E-state index in [-0.39, 0.29) is 6.71 Å². The minimum atomic E-state index is -0.219. The summed E-state index contributed by atoms with van der Waals surface area (Å²) < 4.78 is 20.1. The monoisotopic (exact) mass is 852 g/mol. The first-order valence-corrected chi connectivity index (χ1v) is 23.0. The highest BCUT2D eigenvalue weighted by Crippen LogP contribution is 2.51. The van der Waals surface area contributed by atoms with E-state index in [9.17, 15) is 0 Å². The molecule has 0 atom stereocenters. The van der Waals surface area contributed by atoms with E-state index in [1.165, 1.54) is 21.5 Å². The lowest BCUT2D eigenvalue weighted by molar-refractivity contribution is 0.472. The predicted molar refractivity (Wildman–Crippen MR) is 279 cm³/mol. The van der Waals surface area contributed by atoms with Gasteiger partial charge in [0.05, 0.1) is 32.8 Å². The van der Waals surface area contributed by atoms with Crippen LogP contribution >= 0.6 is 0 Å². The zero-order valence-corrected chi connectivity index (χ0v) is 36.2. The highest BCUT2D eigenvalue weighted by atomic mass is 16.5. The van der Waals surface area contributed by atoms with Crippen LogP contribution in [0.2, 0.25) is 0 Å². The number of hydrogen-bond acceptors (Lipinski definition) is 2. The van der Waals surface area contributed by atoms with E-state index in [2.05, 4.69) is 234 Å². The number of hydrogen-bond donors (Lipinski definition) is 0. The van der Waals surface area contributed by atoms with Gasteiger partial charge in [0, 0.05) is 38.7 Å². The maximum absolute atomic E-state index is 7.69. The van der Waals surface area contributed by atoms with Crippen LogP contribution in [-0.4, -0.2) is 15.8 Å². The fourth-order valence-electron chi connectivity index (χ4n) is 11.5. The molecular formula is C62H37BN2O2. The van der Waals surface area contributed by atoms with Crippen molar-refractivity contribution in [2.75, 3.05) is 0 Å². The summed E-state index contributed by atoms with van der Waals surface area (Å²) in [5.41, 5.74) is 14.2. The number of nitrogens with zero attached hydrogens (tertiary/aromatic N) is 2. The summed E-state index contributed by atoms with van der Waals surface area (Å²) in [5.74, 6) is 3.42. The van der Waals surface area contributed by atoms with Crippen molar-refractivity contribution in [1.82, 2.24) is 9.13 Å². The minimum Gasteiger partial charge on any atom is -0.457 e. The van der Waals surface area contributed by atoms with E-state index in [1.54, 1.807) is 0 Å². The molecule has 2 aromatic heterocycles. The summed E-state index contributed by atoms with van der Waals surface area (Å²) in [6.07, 6.45) is 0. The van der Waals surface area contributed by atoms with Crippen LogP contribution in [0.15, 0.2) is 224 Å². The van der Waals surface area contributed by atoms with Crippen molar-refractivity contribution >= 4 is 88.3 Å². The quantitative estimate of drug-likeness (QED) is 0.165. The average Bonchev–Trinajstić information content (AvgIpc) is 3.92. The Kier molecular flexibility index (Phi) is 7.55. The number of para-hydroxylation sites is 4. The Morgan fingerprint density at radius 2 is 0.731 bits per heavy atom. The maximum atomic E-state index is 7.69. The van der Waals surface area contributed by atoms with Gasteiger partial charge in [0.1, 0.15) is 23.0 Å². The number of benzene rings is 11. The lowest BCUT2D eigenvalue weighted by Gasteiger charge is -2.36. The summed E-state index contributed by atoms with van der Waals surface area (Å²) in [7, 11) is 0. The smallest absolute Gasteiger partial charge is 0.260 e. The van der Waals surface area contributed by atoms with E-state index in [4.69, 9.17) is 9.47 Å². The topological polar surface area (TPSA) is 28.3 Å². The van der Waals surface area contributed by atoms with Crippen LogP contribution in [0, 0.1) is 0 Å². The first-order valence-electron chi connectivity index (χ1n) is 23.0. The molecule has 0 radical (unpaired) electrons. The van der Waals surface area contributed by atoms with Crippen molar-refractivity contribution in [3.05, 3.63) is 224 Å². The lowest BCUT2D eigenvalue weighted by Crippen LogP contribution is -2.57. The molecule has 0 N–H and O–H groups in total. The number of aromatic nitrogens is 2. The summed E-state index contributed by atoms with van der Waals surface area (Å²) in [4.78, 5) is 0. The lowest BCUT2D eigenvalue weighted by atomic mass is 9.34. The van der Waals surface area contributed by atoms with E-state index >= 15 is 0 Å². The van der Waals surface area contributed by atoms with Crippen LogP contribution in [0.4, 0.5) is 0 Å². The fraction of sp³-hybridized carbons (Fsp3) is 0. The molecular weight excluding hydrogens is 816 g/mol. The molecule has 0 saturated heterocycles. The van der Waals surface area contributed by atoms with Gasteiger partial charge in [0.25, 0.3) is 6.71 Å². The standard InChI is InChI=1S/C62H37BN2O2/c1-3-19-44(20-4-1)64-52-25-13-11-23-46(52)56-54(64)33-31-50-61(56)66-59-48(42-29-27-38-15-7-9-17-40(38)35-42)37-49(43-30-28-39-16-8-10-18-41(39)36-43)60-58(59)63(50)51-32-34-55-57(62(51)67-60)47-24-12-14-26-53(47)65(55)45-21-5-2-6-22-45/h1-37H. The summed E-state index contributed by atoms with van der Waals surface area (Å²) >= 11 is 0. The molecule has 0 saturated carbocycles. The molecule has 0 aliphatic carbocycles. The fourth-order valence-corrected chi connectivity index (χ4v) is 11.5. The third-order valence-electron chi connectivity index (χ3n) is 14.4. The summed E-state index contributed by atoms with van der Waals surface area (Å²) in [6, 6.07) is 81.2. The minimum absolute atomic E-state index is 0.219. The van der Waals surface area contributed by atoms with Crippen molar-refractivity contribution in [1.29, 1.82) is 0 Å². The molecule has 0 amide bonds. The Balaban J connectivity index is 1.10. The van der Waals surface area contributed by atoms with Crippen molar-refractivity contribution < 1.29 is 9.47 Å². The van der Waals surface area contributed by atoms with Crippen LogP contribution < -0.4 is 25.9 Å². The molecule has 4 heterocycles. The molecule has 2 aliphatic rings. The van der Waals surface area contributed by atoms with Crippen LogP contribution in [0.3, 0.4) is 0 Å². The van der Waals surface area contributed by atoms with E-state index in [0.29, 0.717) is 0 Å². The molecule has 13 aromatic rings. The molecule has 0 unspecified atom stereocenters. The second kappa shape index (κ2) is 13.9. The van der Waals surface area contributed by atoms with E-state index in [0.717, 1.165) is 117 Å². The van der Waals surface area contributed by atoms with Gasteiger partial charge in [0.2, 0.25) is 0 Å². The summed E-state index contributed by atoms with van der Waals surface area (Å²) in [5, 5.41) is 9.25. The first kappa shape index (κ1) is 36.5. The van der Waals surface area contributed by atoms with Gasteiger partial charge in [-0.05, 0) is 110 Å². The average molecular weight is 853 g/mol. The number of fused-ring (bicyclic) bond motifs is 14. The molecule has 67 heavy (non-hydrogen) atoms. The third kappa shape index (κ3) is 5.19. The van der Waals surface area contributed by atoms with E-state index < -0.39 is 0 Å². The van der Waals surface area contributed by atoms with Crippen molar-refractivity contribution in [3.8, 4) is 56.6 Å². The number of rotatable bonds is 4. The predicted octanol–water partition coefficient (Wildman–Crippen LogP) is 14.2. The molecule has 5 heteroatoms. The van der Waals surface area contributed by atoms with Crippen molar-refractivity contribution in [2.24, 2.45) is 0 Å². The Bertz CT molecular complexity index is 3960. The first-order chi connectivity index (χ1) is 33.2. The van der Waals surface area contributed by atoms with Crippen molar-refractivity contribution in [2.45, 2.75) is 0 Å². The molecule has 0 spiro atoms. The zero-order valence-electron chi connectivity index (χ0n) is 36.2. The third-order valence-corrected chi connectivity index (χ3v) is 14.4. The normalized spacial score (nSPS) is 12.7. The van der Waals surface area contributed by atoms with Gasteiger partial charge in [-0.3, -0.25) is 0 Å². The molecule has 2 aliphatic heterocycles. The largest absolute Gasteiger partial charge is 0.457 e. The van der Waals surface area contributed by atoms with Gasteiger partial charge in [-0.1, -0.05) is 158 Å². The molecule has 0 bridgehead atoms. The van der Waals surface area contributed by atoms with Gasteiger partial charge in [-0.25, -0.2) is 0 Å². The van der Waals surface area contributed by atoms with Gasteiger partial charge in [0.15, 0.2) is 0 Å². The Labute approximate surface area is 386 Å². The van der Waals surface area contributed by atoms with Crippen LogP contribution in [-0.2, 0) is 0 Å². The van der Waals surface area contributed by atoms with E-state index in [1.807, 2.05) is 0 Å². The van der Waals surface area contributed by atoms with Gasteiger partial charge >= 0.3 is 0 Å². The van der Waals surface area contributed by atoms with Crippen LogP contribution in [0.1, 0.15) is 0 Å². The molecule has 11 aromatic carbocycles. The Morgan fingerprint density at radius 3 is 1.21 bits per heavy atom. The second-order valence-corrected chi connectivity index (χ2v) is 17.9. The SMILES string of the molecule is c1ccc(-n2c3ccccc3c3c4c(ccc32)B2c3ccc5c(c3Oc3c(-c6ccc7ccccc7c6)cc(-c6ccc7ccccc7c6)c(c32)O4)c2ccccc2n5-c2ccccc2)cc1. The van der Waals surface area contributed by atoms with Gasteiger partial charge in [-0.15, -0.1) is 0 Å². The highest BCUT2D eigenvalue weighted by Gasteiger charge is 2.45. The number of ether oxygens (including phenoxy) is 2. The molecule has 15 rings (SSSR count). The van der Waals surface area contributed by atoms with Gasteiger partial charge < -0.3 is 18.6 Å².